The number of ether oxygens (including phenoxy) is 1. The molecule has 1 N–H and O–H groups in total. The van der Waals surface area contributed by atoms with E-state index in [1.807, 2.05) is 73.7 Å². The first-order chi connectivity index (χ1) is 16.1. The third kappa shape index (κ3) is 6.81. The van der Waals surface area contributed by atoms with Gasteiger partial charge in [0.1, 0.15) is 24.6 Å². The van der Waals surface area contributed by atoms with Gasteiger partial charge >= 0.3 is 0 Å². The number of halogens is 1. The van der Waals surface area contributed by atoms with Gasteiger partial charge in [-0.25, -0.2) is 0 Å². The highest BCUT2D eigenvalue weighted by atomic mass is 35.5. The van der Waals surface area contributed by atoms with E-state index in [0.29, 0.717) is 31.1 Å². The van der Waals surface area contributed by atoms with Crippen LogP contribution in [0, 0.1) is 6.92 Å². The predicted molar refractivity (Wildman–Crippen MR) is 132 cm³/mol. The van der Waals surface area contributed by atoms with Crippen molar-refractivity contribution in [3.8, 4) is 5.75 Å². The van der Waals surface area contributed by atoms with Crippen molar-refractivity contribution >= 4 is 17.3 Å². The molecule has 0 aromatic heterocycles. The van der Waals surface area contributed by atoms with Crippen LogP contribution in [-0.4, -0.2) is 47.6 Å². The number of rotatable bonds is 10. The summed E-state index contributed by atoms with van der Waals surface area (Å²) >= 11 is 6.00. The van der Waals surface area contributed by atoms with Gasteiger partial charge in [-0.3, -0.25) is 4.90 Å². The lowest BCUT2D eigenvalue weighted by Crippen LogP contribution is -2.39. The van der Waals surface area contributed by atoms with Gasteiger partial charge in [0, 0.05) is 31.1 Å². The van der Waals surface area contributed by atoms with Crippen molar-refractivity contribution in [3.63, 3.8) is 0 Å². The number of hydrogen-bond acceptors (Lipinski definition) is 5. The largest absolute Gasteiger partial charge is 0.491 e. The highest BCUT2D eigenvalue weighted by Gasteiger charge is 2.26. The second-order valence-corrected chi connectivity index (χ2v) is 8.82. The Morgan fingerprint density at radius 2 is 1.79 bits per heavy atom. The molecule has 0 saturated carbocycles. The van der Waals surface area contributed by atoms with Gasteiger partial charge in [-0.05, 0) is 41.8 Å². The van der Waals surface area contributed by atoms with Gasteiger partial charge in [-0.2, -0.15) is 0 Å². The first kappa shape index (κ1) is 23.3. The molecule has 5 nitrogen and oxygen atoms in total. The normalized spacial score (nSPS) is 16.4. The summed E-state index contributed by atoms with van der Waals surface area (Å²) in [7, 11) is 0. The maximum absolute atomic E-state index is 10.7. The first-order valence-corrected chi connectivity index (χ1v) is 11.6. The molecule has 2 unspecified atom stereocenters. The third-order valence-corrected chi connectivity index (χ3v) is 5.87. The molecule has 2 atom stereocenters. The molecular formula is C27H29ClN2O3. The van der Waals surface area contributed by atoms with E-state index in [1.54, 1.807) is 0 Å². The smallest absolute Gasteiger partial charge is 0.145 e. The highest BCUT2D eigenvalue weighted by Crippen LogP contribution is 2.21. The molecule has 0 bridgehead atoms. The van der Waals surface area contributed by atoms with E-state index in [-0.39, 0.29) is 12.7 Å². The molecule has 1 aliphatic rings. The lowest BCUT2D eigenvalue weighted by atomic mass is 10.0. The fourth-order valence-electron chi connectivity index (χ4n) is 3.93. The van der Waals surface area contributed by atoms with Crippen LogP contribution in [0.25, 0.3) is 0 Å². The Kier molecular flexibility index (Phi) is 8.00. The molecule has 0 amide bonds. The van der Waals surface area contributed by atoms with Crippen LogP contribution in [-0.2, 0) is 11.4 Å². The van der Waals surface area contributed by atoms with Crippen LogP contribution < -0.4 is 4.74 Å². The fourth-order valence-corrected chi connectivity index (χ4v) is 4.05. The second-order valence-electron chi connectivity index (χ2n) is 8.39. The van der Waals surface area contributed by atoms with Crippen molar-refractivity contribution in [1.29, 1.82) is 0 Å². The number of oxime groups is 1. The highest BCUT2D eigenvalue weighted by molar-refractivity contribution is 6.30. The maximum Gasteiger partial charge on any atom is 0.145 e. The van der Waals surface area contributed by atoms with E-state index >= 15 is 0 Å². The topological polar surface area (TPSA) is 54.3 Å². The van der Waals surface area contributed by atoms with Crippen LogP contribution in [0.3, 0.4) is 0 Å². The molecule has 6 heteroatoms. The Morgan fingerprint density at radius 3 is 2.55 bits per heavy atom. The molecule has 1 aliphatic heterocycles. The SMILES string of the molecule is Cc1ccccc1OCC(O)CN(Cc1ccccc1)CC1CC(c2ccc(Cl)cc2)=NO1. The molecule has 0 spiro atoms. The quantitative estimate of drug-likeness (QED) is 0.454. The van der Waals surface area contributed by atoms with E-state index in [9.17, 15) is 5.11 Å². The van der Waals surface area contributed by atoms with Gasteiger partial charge in [0.15, 0.2) is 0 Å². The number of aryl methyl sites for hydroxylation is 1. The first-order valence-electron chi connectivity index (χ1n) is 11.2. The fraction of sp³-hybridized carbons (Fsp3) is 0.296. The van der Waals surface area contributed by atoms with E-state index < -0.39 is 6.10 Å². The number of hydrogen-bond donors (Lipinski definition) is 1. The van der Waals surface area contributed by atoms with Crippen molar-refractivity contribution in [3.05, 3.63) is 101 Å². The van der Waals surface area contributed by atoms with Crippen molar-refractivity contribution in [2.45, 2.75) is 32.1 Å². The van der Waals surface area contributed by atoms with Crippen molar-refractivity contribution in [2.75, 3.05) is 19.7 Å². The average molecular weight is 465 g/mol. The second kappa shape index (κ2) is 11.3. The summed E-state index contributed by atoms with van der Waals surface area (Å²) in [6.07, 6.45) is -0.00169. The molecule has 0 aliphatic carbocycles. The molecule has 0 radical (unpaired) electrons. The van der Waals surface area contributed by atoms with Crippen LogP contribution in [0.5, 0.6) is 5.75 Å². The molecule has 4 rings (SSSR count). The van der Waals surface area contributed by atoms with E-state index in [2.05, 4.69) is 22.2 Å². The number of aliphatic hydroxyl groups is 1. The summed E-state index contributed by atoms with van der Waals surface area (Å²) in [5.41, 5.74) is 4.17. The van der Waals surface area contributed by atoms with E-state index in [1.165, 1.54) is 5.56 Å². The Labute approximate surface area is 200 Å². The summed E-state index contributed by atoms with van der Waals surface area (Å²) in [4.78, 5) is 7.95. The summed E-state index contributed by atoms with van der Waals surface area (Å²) in [5.74, 6) is 0.797. The van der Waals surface area contributed by atoms with Crippen LogP contribution in [0.1, 0.15) is 23.1 Å². The van der Waals surface area contributed by atoms with Gasteiger partial charge < -0.3 is 14.7 Å². The van der Waals surface area contributed by atoms with Crippen LogP contribution >= 0.6 is 11.6 Å². The predicted octanol–water partition coefficient (Wildman–Crippen LogP) is 5.08. The van der Waals surface area contributed by atoms with Crippen LogP contribution in [0.4, 0.5) is 0 Å². The summed E-state index contributed by atoms with van der Waals surface area (Å²) in [6, 6.07) is 25.7. The van der Waals surface area contributed by atoms with Gasteiger partial charge in [0.05, 0.1) is 5.71 Å². The molecule has 3 aromatic rings. The molecule has 0 saturated heterocycles. The zero-order chi connectivity index (χ0) is 23.0. The average Bonchev–Trinajstić information content (AvgIpc) is 3.28. The Bertz CT molecular complexity index is 1060. The van der Waals surface area contributed by atoms with E-state index in [0.717, 1.165) is 22.6 Å². The Morgan fingerprint density at radius 1 is 1.06 bits per heavy atom. The lowest BCUT2D eigenvalue weighted by Gasteiger charge is -2.27. The van der Waals surface area contributed by atoms with Gasteiger partial charge in [-0.1, -0.05) is 77.4 Å². The van der Waals surface area contributed by atoms with Gasteiger partial charge in [-0.15, -0.1) is 0 Å². The van der Waals surface area contributed by atoms with Crippen molar-refractivity contribution in [1.82, 2.24) is 4.90 Å². The molecule has 0 fully saturated rings. The Hall–Kier alpha value is -2.86. The third-order valence-electron chi connectivity index (χ3n) is 5.62. The minimum Gasteiger partial charge on any atom is -0.491 e. The summed E-state index contributed by atoms with van der Waals surface area (Å²) in [5, 5.41) is 15.7. The number of benzene rings is 3. The Balaban J connectivity index is 1.36. The van der Waals surface area contributed by atoms with Gasteiger partial charge in [0.2, 0.25) is 0 Å². The molecular weight excluding hydrogens is 436 g/mol. The molecule has 172 valence electrons. The minimum atomic E-state index is -0.633. The summed E-state index contributed by atoms with van der Waals surface area (Å²) < 4.78 is 5.86. The summed E-state index contributed by atoms with van der Waals surface area (Å²) in [6.45, 7) is 4.06. The molecule has 33 heavy (non-hydrogen) atoms. The van der Waals surface area contributed by atoms with Gasteiger partial charge in [0.25, 0.3) is 0 Å². The minimum absolute atomic E-state index is 0.0797. The monoisotopic (exact) mass is 464 g/mol. The number of para-hydroxylation sites is 1. The van der Waals surface area contributed by atoms with Crippen molar-refractivity contribution < 1.29 is 14.7 Å². The standard InChI is InChI=1S/C27H29ClN2O3/c1-20-7-5-6-10-27(20)32-19-24(31)17-30(16-21-8-3-2-4-9-21)18-25-15-26(29-33-25)22-11-13-23(28)14-12-22/h2-14,24-25,31H,15-19H2,1H3. The maximum atomic E-state index is 10.7. The van der Waals surface area contributed by atoms with E-state index in [4.69, 9.17) is 21.2 Å². The molecule has 1 heterocycles. The lowest BCUT2D eigenvalue weighted by molar-refractivity contribution is 0.0212. The number of aliphatic hydroxyl groups excluding tert-OH is 1. The molecule has 3 aromatic carbocycles. The van der Waals surface area contributed by atoms with Crippen LogP contribution in [0.2, 0.25) is 5.02 Å². The number of nitrogens with zero attached hydrogens (tertiary/aromatic N) is 2. The zero-order valence-electron chi connectivity index (χ0n) is 18.7. The van der Waals surface area contributed by atoms with Crippen LogP contribution in [0.15, 0.2) is 84.0 Å². The van der Waals surface area contributed by atoms with Crippen molar-refractivity contribution in [2.24, 2.45) is 5.16 Å². The zero-order valence-corrected chi connectivity index (χ0v) is 19.5.